The maximum Gasteiger partial charge on any atom is 0.336 e. The minimum atomic E-state index is -1.15. The Kier molecular flexibility index (Phi) is 3.10. The first-order chi connectivity index (χ1) is 8.50. The lowest BCUT2D eigenvalue weighted by Gasteiger charge is -2.09. The standard InChI is InChI=1S/C14H10F2O2/c1-8-6-11(13(16)7-12(8)15)9-4-2-3-5-10(9)14(17)18/h2-7H,1H3,(H,17,18). The molecule has 1 N–H and O–H groups in total. The van der Waals surface area contributed by atoms with E-state index in [0.29, 0.717) is 0 Å². The van der Waals surface area contributed by atoms with Crippen molar-refractivity contribution in [2.24, 2.45) is 0 Å². The first kappa shape index (κ1) is 12.2. The van der Waals surface area contributed by atoms with Crippen molar-refractivity contribution in [2.45, 2.75) is 6.92 Å². The van der Waals surface area contributed by atoms with Crippen molar-refractivity contribution in [1.29, 1.82) is 0 Å². The number of halogens is 2. The Hall–Kier alpha value is -2.23. The minimum absolute atomic E-state index is 0.0117. The molecule has 2 aromatic rings. The van der Waals surface area contributed by atoms with Crippen molar-refractivity contribution < 1.29 is 18.7 Å². The van der Waals surface area contributed by atoms with E-state index in [0.717, 1.165) is 6.07 Å². The molecule has 0 saturated heterocycles. The van der Waals surface area contributed by atoms with Gasteiger partial charge in [-0.1, -0.05) is 18.2 Å². The van der Waals surface area contributed by atoms with Crippen LogP contribution in [0.5, 0.6) is 0 Å². The number of hydrogen-bond donors (Lipinski definition) is 1. The molecule has 0 fully saturated rings. The van der Waals surface area contributed by atoms with Crippen LogP contribution in [0, 0.1) is 18.6 Å². The summed E-state index contributed by atoms with van der Waals surface area (Å²) >= 11 is 0. The average Bonchev–Trinajstić information content (AvgIpc) is 2.34. The highest BCUT2D eigenvalue weighted by Crippen LogP contribution is 2.28. The highest BCUT2D eigenvalue weighted by atomic mass is 19.1. The monoisotopic (exact) mass is 248 g/mol. The first-order valence-corrected chi connectivity index (χ1v) is 5.29. The van der Waals surface area contributed by atoms with Crippen LogP contribution in [0.4, 0.5) is 8.78 Å². The lowest BCUT2D eigenvalue weighted by Crippen LogP contribution is -2.01. The highest BCUT2D eigenvalue weighted by Gasteiger charge is 2.15. The van der Waals surface area contributed by atoms with Gasteiger partial charge < -0.3 is 5.11 Å². The van der Waals surface area contributed by atoms with Crippen LogP contribution in [0.1, 0.15) is 15.9 Å². The lowest BCUT2D eigenvalue weighted by atomic mass is 9.97. The summed E-state index contributed by atoms with van der Waals surface area (Å²) in [5, 5.41) is 9.05. The smallest absolute Gasteiger partial charge is 0.336 e. The Morgan fingerprint density at radius 2 is 1.72 bits per heavy atom. The van der Waals surface area contributed by atoms with E-state index in [9.17, 15) is 13.6 Å². The SMILES string of the molecule is Cc1cc(-c2ccccc2C(=O)O)c(F)cc1F. The van der Waals surface area contributed by atoms with Gasteiger partial charge in [-0.05, 0) is 30.2 Å². The molecule has 0 spiro atoms. The summed E-state index contributed by atoms with van der Waals surface area (Å²) in [4.78, 5) is 11.1. The van der Waals surface area contributed by atoms with Gasteiger partial charge in [-0.3, -0.25) is 0 Å². The van der Waals surface area contributed by atoms with Crippen molar-refractivity contribution in [1.82, 2.24) is 0 Å². The van der Waals surface area contributed by atoms with Crippen LogP contribution in [0.2, 0.25) is 0 Å². The number of aryl methyl sites for hydroxylation is 1. The molecule has 2 rings (SSSR count). The van der Waals surface area contributed by atoms with Gasteiger partial charge in [0.15, 0.2) is 0 Å². The van der Waals surface area contributed by atoms with E-state index in [2.05, 4.69) is 0 Å². The molecule has 0 heterocycles. The van der Waals surface area contributed by atoms with Gasteiger partial charge in [-0.2, -0.15) is 0 Å². The fourth-order valence-corrected chi connectivity index (χ4v) is 1.77. The molecule has 2 nitrogen and oxygen atoms in total. The van der Waals surface area contributed by atoms with Gasteiger partial charge in [-0.15, -0.1) is 0 Å². The second-order valence-corrected chi connectivity index (χ2v) is 3.93. The maximum absolute atomic E-state index is 13.7. The molecular weight excluding hydrogens is 238 g/mol. The van der Waals surface area contributed by atoms with Gasteiger partial charge >= 0.3 is 5.97 Å². The molecule has 0 aromatic heterocycles. The largest absolute Gasteiger partial charge is 0.478 e. The number of rotatable bonds is 2. The van der Waals surface area contributed by atoms with E-state index < -0.39 is 17.6 Å². The fourth-order valence-electron chi connectivity index (χ4n) is 1.77. The molecular formula is C14H10F2O2. The zero-order chi connectivity index (χ0) is 13.3. The molecule has 18 heavy (non-hydrogen) atoms. The van der Waals surface area contributed by atoms with Crippen LogP contribution in [-0.4, -0.2) is 11.1 Å². The summed E-state index contributed by atoms with van der Waals surface area (Å²) < 4.78 is 26.9. The van der Waals surface area contributed by atoms with Crippen LogP contribution >= 0.6 is 0 Å². The molecule has 0 saturated carbocycles. The summed E-state index contributed by atoms with van der Waals surface area (Å²) in [5.74, 6) is -2.57. The summed E-state index contributed by atoms with van der Waals surface area (Å²) in [5.41, 5.74) is 0.589. The molecule has 0 amide bonds. The number of carboxylic acids is 1. The third kappa shape index (κ3) is 2.09. The van der Waals surface area contributed by atoms with Crippen molar-refractivity contribution in [2.75, 3.05) is 0 Å². The summed E-state index contributed by atoms with van der Waals surface area (Å²) in [6.07, 6.45) is 0. The first-order valence-electron chi connectivity index (χ1n) is 5.29. The van der Waals surface area contributed by atoms with Gasteiger partial charge in [0.2, 0.25) is 0 Å². The number of aromatic carboxylic acids is 1. The lowest BCUT2D eigenvalue weighted by molar-refractivity contribution is 0.0697. The highest BCUT2D eigenvalue weighted by molar-refractivity contribution is 5.96. The minimum Gasteiger partial charge on any atom is -0.478 e. The van der Waals surface area contributed by atoms with Crippen LogP contribution in [0.25, 0.3) is 11.1 Å². The summed E-state index contributed by atoms with van der Waals surface area (Å²) in [6.45, 7) is 1.50. The molecule has 0 unspecified atom stereocenters. The van der Waals surface area contributed by atoms with Crippen LogP contribution in [-0.2, 0) is 0 Å². The second-order valence-electron chi connectivity index (χ2n) is 3.93. The van der Waals surface area contributed by atoms with Gasteiger partial charge in [0.25, 0.3) is 0 Å². The fraction of sp³-hybridized carbons (Fsp3) is 0.0714. The summed E-state index contributed by atoms with van der Waals surface area (Å²) in [7, 11) is 0. The van der Waals surface area contributed by atoms with Crippen molar-refractivity contribution in [3.63, 3.8) is 0 Å². The van der Waals surface area contributed by atoms with Crippen molar-refractivity contribution >= 4 is 5.97 Å². The van der Waals surface area contributed by atoms with Crippen molar-refractivity contribution in [3.05, 3.63) is 59.2 Å². The Labute approximate surface area is 103 Å². The normalized spacial score (nSPS) is 10.4. The quantitative estimate of drug-likeness (QED) is 0.880. The van der Waals surface area contributed by atoms with Gasteiger partial charge in [-0.25, -0.2) is 13.6 Å². The zero-order valence-electron chi connectivity index (χ0n) is 9.58. The predicted molar refractivity (Wildman–Crippen MR) is 63.5 cm³/mol. The average molecular weight is 248 g/mol. The Morgan fingerprint density at radius 3 is 2.39 bits per heavy atom. The Bertz CT molecular complexity index is 621. The molecule has 92 valence electrons. The molecule has 2 aromatic carbocycles. The maximum atomic E-state index is 13.7. The molecule has 0 aliphatic rings. The van der Waals surface area contributed by atoms with Gasteiger partial charge in [0.1, 0.15) is 11.6 Å². The van der Waals surface area contributed by atoms with E-state index in [1.54, 1.807) is 12.1 Å². The van der Waals surface area contributed by atoms with E-state index in [-0.39, 0.29) is 22.3 Å². The second kappa shape index (κ2) is 4.56. The van der Waals surface area contributed by atoms with E-state index in [1.807, 2.05) is 0 Å². The molecule has 4 heteroatoms. The van der Waals surface area contributed by atoms with Gasteiger partial charge in [0, 0.05) is 11.6 Å². The van der Waals surface area contributed by atoms with E-state index in [4.69, 9.17) is 5.11 Å². The molecule has 0 aliphatic heterocycles. The zero-order valence-corrected chi connectivity index (χ0v) is 9.58. The molecule has 0 aliphatic carbocycles. The van der Waals surface area contributed by atoms with E-state index in [1.165, 1.54) is 25.1 Å². The third-order valence-corrected chi connectivity index (χ3v) is 2.70. The number of carboxylic acid groups (broad SMARTS) is 1. The Morgan fingerprint density at radius 1 is 1.06 bits per heavy atom. The van der Waals surface area contributed by atoms with Crippen LogP contribution < -0.4 is 0 Å². The third-order valence-electron chi connectivity index (χ3n) is 2.70. The topological polar surface area (TPSA) is 37.3 Å². The van der Waals surface area contributed by atoms with Crippen molar-refractivity contribution in [3.8, 4) is 11.1 Å². The predicted octanol–water partition coefficient (Wildman–Crippen LogP) is 3.64. The van der Waals surface area contributed by atoms with E-state index >= 15 is 0 Å². The number of hydrogen-bond acceptors (Lipinski definition) is 1. The van der Waals surface area contributed by atoms with Gasteiger partial charge in [0.05, 0.1) is 5.56 Å². The molecule has 0 bridgehead atoms. The number of benzene rings is 2. The van der Waals surface area contributed by atoms with Crippen LogP contribution in [0.3, 0.4) is 0 Å². The summed E-state index contributed by atoms with van der Waals surface area (Å²) in [6, 6.07) is 8.13. The Balaban J connectivity index is 2.69. The number of carbonyl (C=O) groups is 1. The molecule has 0 radical (unpaired) electrons. The molecule has 0 atom stereocenters. The van der Waals surface area contributed by atoms with Crippen LogP contribution in [0.15, 0.2) is 36.4 Å².